The van der Waals surface area contributed by atoms with Crippen LogP contribution in [0.3, 0.4) is 0 Å². The first-order valence-corrected chi connectivity index (χ1v) is 6.11. The van der Waals surface area contributed by atoms with E-state index >= 15 is 0 Å². The molecule has 3 nitrogen and oxygen atoms in total. The summed E-state index contributed by atoms with van der Waals surface area (Å²) >= 11 is 0. The van der Waals surface area contributed by atoms with Crippen molar-refractivity contribution in [2.45, 2.75) is 6.92 Å². The van der Waals surface area contributed by atoms with Crippen molar-refractivity contribution in [3.63, 3.8) is 0 Å². The second-order valence-corrected chi connectivity index (χ2v) is 4.21. The van der Waals surface area contributed by atoms with Crippen molar-refractivity contribution in [1.29, 1.82) is 0 Å². The van der Waals surface area contributed by atoms with E-state index in [1.807, 2.05) is 0 Å². The van der Waals surface area contributed by atoms with Crippen LogP contribution in [0.2, 0.25) is 0 Å². The molecule has 0 amide bonds. The Bertz CT molecular complexity index is 665. The van der Waals surface area contributed by atoms with Gasteiger partial charge in [-0.15, -0.1) is 0 Å². The molecule has 2 rings (SSSR count). The van der Waals surface area contributed by atoms with E-state index < -0.39 is 5.82 Å². The third-order valence-corrected chi connectivity index (χ3v) is 2.91. The Morgan fingerprint density at radius 1 is 1.00 bits per heavy atom. The third kappa shape index (κ3) is 2.74. The minimum absolute atomic E-state index is 0.0465. The van der Waals surface area contributed by atoms with Crippen LogP contribution in [-0.4, -0.2) is 18.6 Å². The highest BCUT2D eigenvalue weighted by Crippen LogP contribution is 2.17. The fraction of sp³-hybridized carbons (Fsp3) is 0.125. The van der Waals surface area contributed by atoms with E-state index in [0.717, 1.165) is 0 Å². The Kier molecular flexibility index (Phi) is 4.25. The fourth-order valence-electron chi connectivity index (χ4n) is 1.97. The molecule has 0 spiro atoms. The Hall–Kier alpha value is -2.49. The zero-order valence-corrected chi connectivity index (χ0v) is 11.3. The molecular formula is C16H14FNO2. The summed E-state index contributed by atoms with van der Waals surface area (Å²) < 4.78 is 13.7. The van der Waals surface area contributed by atoms with Gasteiger partial charge < -0.3 is 4.84 Å². The van der Waals surface area contributed by atoms with Crippen molar-refractivity contribution >= 4 is 11.5 Å². The maximum absolute atomic E-state index is 13.7. The van der Waals surface area contributed by atoms with Crippen molar-refractivity contribution in [1.82, 2.24) is 0 Å². The minimum Gasteiger partial charge on any atom is -0.399 e. The smallest absolute Gasteiger partial charge is 0.196 e. The fourth-order valence-corrected chi connectivity index (χ4v) is 1.97. The van der Waals surface area contributed by atoms with Gasteiger partial charge in [0.2, 0.25) is 0 Å². The van der Waals surface area contributed by atoms with E-state index in [4.69, 9.17) is 4.84 Å². The summed E-state index contributed by atoms with van der Waals surface area (Å²) in [5, 5.41) is 3.82. The molecule has 2 aromatic rings. The molecule has 0 aliphatic heterocycles. The third-order valence-electron chi connectivity index (χ3n) is 2.91. The van der Waals surface area contributed by atoms with Crippen LogP contribution in [0.4, 0.5) is 4.39 Å². The predicted octanol–water partition coefficient (Wildman–Crippen LogP) is 3.43. The predicted molar refractivity (Wildman–Crippen MR) is 75.5 cm³/mol. The Labute approximate surface area is 116 Å². The van der Waals surface area contributed by atoms with Gasteiger partial charge in [0, 0.05) is 11.1 Å². The highest BCUT2D eigenvalue weighted by atomic mass is 19.1. The molecule has 102 valence electrons. The lowest BCUT2D eigenvalue weighted by Crippen LogP contribution is -2.10. The SMILES string of the molecule is CO/N=C(\C)c1ccccc1C(=O)c1ccccc1F. The number of hydrogen-bond acceptors (Lipinski definition) is 3. The standard InChI is InChI=1S/C16H14FNO2/c1-11(18-20-2)12-7-3-4-8-13(12)16(19)14-9-5-6-10-15(14)17/h3-10H,1-2H3/b18-11+. The lowest BCUT2D eigenvalue weighted by molar-refractivity contribution is 0.103. The van der Waals surface area contributed by atoms with Crippen LogP contribution in [-0.2, 0) is 4.84 Å². The second-order valence-electron chi connectivity index (χ2n) is 4.21. The van der Waals surface area contributed by atoms with Gasteiger partial charge in [0.15, 0.2) is 5.78 Å². The van der Waals surface area contributed by atoms with Crippen LogP contribution in [0.15, 0.2) is 53.7 Å². The molecule has 0 fully saturated rings. The van der Waals surface area contributed by atoms with Crippen molar-refractivity contribution in [3.8, 4) is 0 Å². The average molecular weight is 271 g/mol. The van der Waals surface area contributed by atoms with Gasteiger partial charge in [0.1, 0.15) is 12.9 Å². The zero-order valence-electron chi connectivity index (χ0n) is 11.3. The highest BCUT2D eigenvalue weighted by Gasteiger charge is 2.17. The molecule has 0 N–H and O–H groups in total. The van der Waals surface area contributed by atoms with E-state index in [9.17, 15) is 9.18 Å². The molecule has 0 bridgehead atoms. The van der Waals surface area contributed by atoms with E-state index in [2.05, 4.69) is 5.16 Å². The number of halogens is 1. The lowest BCUT2D eigenvalue weighted by Gasteiger charge is -2.08. The molecule has 0 radical (unpaired) electrons. The van der Waals surface area contributed by atoms with E-state index in [1.54, 1.807) is 43.3 Å². The van der Waals surface area contributed by atoms with Crippen molar-refractivity contribution in [3.05, 3.63) is 71.0 Å². The quantitative estimate of drug-likeness (QED) is 0.485. The number of carbonyl (C=O) groups is 1. The maximum atomic E-state index is 13.7. The van der Waals surface area contributed by atoms with Gasteiger partial charge in [0.25, 0.3) is 0 Å². The summed E-state index contributed by atoms with van der Waals surface area (Å²) in [6.07, 6.45) is 0. The van der Waals surface area contributed by atoms with Gasteiger partial charge in [-0.2, -0.15) is 0 Å². The summed E-state index contributed by atoms with van der Waals surface area (Å²) in [5.74, 6) is -0.905. The first-order valence-electron chi connectivity index (χ1n) is 6.11. The van der Waals surface area contributed by atoms with Crippen molar-refractivity contribution in [2.75, 3.05) is 7.11 Å². The topological polar surface area (TPSA) is 38.7 Å². The summed E-state index contributed by atoms with van der Waals surface area (Å²) in [5.41, 5.74) is 1.64. The molecule has 2 aromatic carbocycles. The van der Waals surface area contributed by atoms with E-state index in [-0.39, 0.29) is 11.3 Å². The molecule has 0 saturated carbocycles. The van der Waals surface area contributed by atoms with Gasteiger partial charge in [-0.25, -0.2) is 4.39 Å². The summed E-state index contributed by atoms with van der Waals surface area (Å²) in [6.45, 7) is 1.73. The number of benzene rings is 2. The molecule has 0 heterocycles. The maximum Gasteiger partial charge on any atom is 0.196 e. The Morgan fingerprint density at radius 2 is 1.55 bits per heavy atom. The Balaban J connectivity index is 2.51. The van der Waals surface area contributed by atoms with Crippen LogP contribution in [0, 0.1) is 5.82 Å². The molecular weight excluding hydrogens is 257 g/mol. The van der Waals surface area contributed by atoms with Gasteiger partial charge in [-0.3, -0.25) is 4.79 Å². The average Bonchev–Trinajstić information content (AvgIpc) is 2.47. The molecule has 4 heteroatoms. The zero-order chi connectivity index (χ0) is 14.5. The molecule has 0 aliphatic rings. The number of nitrogens with zero attached hydrogens (tertiary/aromatic N) is 1. The summed E-state index contributed by atoms with van der Waals surface area (Å²) in [4.78, 5) is 17.2. The second kappa shape index (κ2) is 6.10. The van der Waals surface area contributed by atoms with Gasteiger partial charge >= 0.3 is 0 Å². The van der Waals surface area contributed by atoms with E-state index in [1.165, 1.54) is 19.2 Å². The summed E-state index contributed by atoms with van der Waals surface area (Å²) in [6, 6.07) is 12.9. The van der Waals surface area contributed by atoms with E-state index in [0.29, 0.717) is 16.8 Å². The molecule has 0 atom stereocenters. The Morgan fingerprint density at radius 3 is 2.15 bits per heavy atom. The van der Waals surface area contributed by atoms with Gasteiger partial charge in [0.05, 0.1) is 11.3 Å². The normalized spacial score (nSPS) is 11.2. The number of ketones is 1. The van der Waals surface area contributed by atoms with Crippen LogP contribution in [0.5, 0.6) is 0 Å². The number of carbonyl (C=O) groups excluding carboxylic acids is 1. The molecule has 0 saturated heterocycles. The first kappa shape index (κ1) is 13.9. The highest BCUT2D eigenvalue weighted by molar-refractivity contribution is 6.16. The molecule has 0 unspecified atom stereocenters. The number of rotatable bonds is 4. The van der Waals surface area contributed by atoms with Crippen molar-refractivity contribution < 1.29 is 14.0 Å². The first-order chi connectivity index (χ1) is 9.65. The van der Waals surface area contributed by atoms with Crippen LogP contribution >= 0.6 is 0 Å². The van der Waals surface area contributed by atoms with Gasteiger partial charge in [-0.05, 0) is 19.1 Å². The molecule has 20 heavy (non-hydrogen) atoms. The number of oxime groups is 1. The minimum atomic E-state index is -0.534. The summed E-state index contributed by atoms with van der Waals surface area (Å²) in [7, 11) is 1.44. The van der Waals surface area contributed by atoms with Gasteiger partial charge in [-0.1, -0.05) is 41.6 Å². The molecule has 0 aromatic heterocycles. The monoisotopic (exact) mass is 271 g/mol. The van der Waals surface area contributed by atoms with Crippen LogP contribution in [0.1, 0.15) is 28.4 Å². The van der Waals surface area contributed by atoms with Crippen LogP contribution < -0.4 is 0 Å². The van der Waals surface area contributed by atoms with Crippen molar-refractivity contribution in [2.24, 2.45) is 5.16 Å². The lowest BCUT2D eigenvalue weighted by atomic mass is 9.96. The number of hydrogen-bond donors (Lipinski definition) is 0. The molecule has 0 aliphatic carbocycles. The largest absolute Gasteiger partial charge is 0.399 e. The van der Waals surface area contributed by atoms with Crippen LogP contribution in [0.25, 0.3) is 0 Å².